The highest BCUT2D eigenvalue weighted by Crippen LogP contribution is 2.31. The first-order valence-corrected chi connectivity index (χ1v) is 7.39. The number of anilines is 1. The summed E-state index contributed by atoms with van der Waals surface area (Å²) in [4.78, 5) is 2.46. The fourth-order valence-corrected chi connectivity index (χ4v) is 2.31. The third-order valence-corrected chi connectivity index (χ3v) is 3.60. The van der Waals surface area contributed by atoms with Crippen LogP contribution in [0.4, 0.5) is 5.69 Å². The van der Waals surface area contributed by atoms with E-state index in [0.29, 0.717) is 0 Å². The van der Waals surface area contributed by atoms with Crippen LogP contribution in [0.25, 0.3) is 0 Å². The Labute approximate surface area is 122 Å². The van der Waals surface area contributed by atoms with E-state index in [1.54, 1.807) is 14.2 Å². The lowest BCUT2D eigenvalue weighted by atomic mass is 10.2. The van der Waals surface area contributed by atoms with Gasteiger partial charge in [-0.25, -0.2) is 0 Å². The van der Waals surface area contributed by atoms with Gasteiger partial charge in [0.1, 0.15) is 0 Å². The van der Waals surface area contributed by atoms with E-state index in [-0.39, 0.29) is 0 Å². The van der Waals surface area contributed by atoms with E-state index in [9.17, 15) is 0 Å². The van der Waals surface area contributed by atoms with Gasteiger partial charge in [-0.2, -0.15) is 0 Å². The highest BCUT2D eigenvalue weighted by Gasteiger charge is 2.28. The molecule has 0 amide bonds. The third-order valence-electron chi connectivity index (χ3n) is 3.60. The third kappa shape index (κ3) is 4.78. The van der Waals surface area contributed by atoms with Crippen molar-refractivity contribution in [3.63, 3.8) is 0 Å². The molecule has 0 atom stereocenters. The number of nitrogens with zero attached hydrogens (tertiary/aromatic N) is 1. The second-order valence-electron chi connectivity index (χ2n) is 5.25. The van der Waals surface area contributed by atoms with Gasteiger partial charge in [-0.1, -0.05) is 12.1 Å². The molecule has 1 saturated carbocycles. The maximum atomic E-state index is 5.21. The summed E-state index contributed by atoms with van der Waals surface area (Å²) < 4.78 is 10.2. The molecule has 0 spiro atoms. The van der Waals surface area contributed by atoms with Crippen LogP contribution < -0.4 is 10.2 Å². The molecule has 1 aromatic carbocycles. The molecule has 1 aromatic rings. The van der Waals surface area contributed by atoms with Crippen molar-refractivity contribution in [3.8, 4) is 0 Å². The summed E-state index contributed by atoms with van der Waals surface area (Å²) in [7, 11) is 3.49. The monoisotopic (exact) mass is 278 g/mol. The standard InChI is InChI=1S/C16H26N2O2/c1-19-11-9-17-13-14-3-5-15(6-4-14)18(10-12-20-2)16-7-8-16/h3-6,16-17H,7-13H2,1-2H3. The van der Waals surface area contributed by atoms with Crippen LogP contribution in [0, 0.1) is 0 Å². The zero-order chi connectivity index (χ0) is 14.2. The van der Waals surface area contributed by atoms with E-state index in [1.807, 2.05) is 0 Å². The molecule has 0 aromatic heterocycles. The number of nitrogens with one attached hydrogen (secondary N) is 1. The van der Waals surface area contributed by atoms with Gasteiger partial charge in [0.2, 0.25) is 0 Å². The Morgan fingerprint density at radius 1 is 1.10 bits per heavy atom. The predicted octanol–water partition coefficient (Wildman–Crippen LogP) is 2.04. The Morgan fingerprint density at radius 3 is 2.40 bits per heavy atom. The van der Waals surface area contributed by atoms with Gasteiger partial charge in [-0.15, -0.1) is 0 Å². The summed E-state index contributed by atoms with van der Waals surface area (Å²) in [6.07, 6.45) is 2.62. The topological polar surface area (TPSA) is 33.7 Å². The zero-order valence-corrected chi connectivity index (χ0v) is 12.6. The second-order valence-corrected chi connectivity index (χ2v) is 5.25. The Balaban J connectivity index is 1.85. The summed E-state index contributed by atoms with van der Waals surface area (Å²) in [6.45, 7) is 4.30. The fraction of sp³-hybridized carbons (Fsp3) is 0.625. The quantitative estimate of drug-likeness (QED) is 0.664. The van der Waals surface area contributed by atoms with E-state index >= 15 is 0 Å². The average molecular weight is 278 g/mol. The molecule has 1 fully saturated rings. The van der Waals surface area contributed by atoms with Crippen molar-refractivity contribution >= 4 is 5.69 Å². The van der Waals surface area contributed by atoms with Crippen molar-refractivity contribution in [2.45, 2.75) is 25.4 Å². The molecule has 0 radical (unpaired) electrons. The van der Waals surface area contributed by atoms with Crippen LogP contribution in [0.2, 0.25) is 0 Å². The summed E-state index contributed by atoms with van der Waals surface area (Å²) >= 11 is 0. The van der Waals surface area contributed by atoms with Crippen LogP contribution in [-0.2, 0) is 16.0 Å². The number of methoxy groups -OCH3 is 2. The normalized spacial score (nSPS) is 14.5. The first-order chi connectivity index (χ1) is 9.85. The van der Waals surface area contributed by atoms with Crippen molar-refractivity contribution in [1.82, 2.24) is 5.32 Å². The Bertz CT molecular complexity index is 377. The minimum Gasteiger partial charge on any atom is -0.383 e. The first kappa shape index (κ1) is 15.3. The van der Waals surface area contributed by atoms with Crippen molar-refractivity contribution in [2.24, 2.45) is 0 Å². The Kier molecular flexibility index (Phi) is 6.30. The second kappa shape index (κ2) is 8.25. The van der Waals surface area contributed by atoms with Gasteiger partial charge in [0.05, 0.1) is 13.2 Å². The summed E-state index contributed by atoms with van der Waals surface area (Å²) in [5.41, 5.74) is 2.62. The van der Waals surface area contributed by atoms with E-state index in [0.717, 1.165) is 38.9 Å². The van der Waals surface area contributed by atoms with E-state index < -0.39 is 0 Å². The lowest BCUT2D eigenvalue weighted by molar-refractivity contribution is 0.199. The Hall–Kier alpha value is -1.10. The molecule has 0 saturated heterocycles. The summed E-state index contributed by atoms with van der Waals surface area (Å²) in [5, 5.41) is 3.36. The minimum absolute atomic E-state index is 0.718. The number of hydrogen-bond acceptors (Lipinski definition) is 4. The van der Waals surface area contributed by atoms with Crippen LogP contribution in [0.1, 0.15) is 18.4 Å². The van der Waals surface area contributed by atoms with Gasteiger partial charge in [0.15, 0.2) is 0 Å². The van der Waals surface area contributed by atoms with Crippen LogP contribution in [-0.4, -0.2) is 46.6 Å². The maximum absolute atomic E-state index is 5.21. The SMILES string of the molecule is COCCNCc1ccc(N(CCOC)C2CC2)cc1. The zero-order valence-electron chi connectivity index (χ0n) is 12.6. The fourth-order valence-electron chi connectivity index (χ4n) is 2.31. The average Bonchev–Trinajstić information content (AvgIpc) is 3.30. The van der Waals surface area contributed by atoms with Crippen LogP contribution in [0.15, 0.2) is 24.3 Å². The maximum Gasteiger partial charge on any atom is 0.0637 e. The number of ether oxygens (including phenoxy) is 2. The molecule has 0 unspecified atom stereocenters. The van der Waals surface area contributed by atoms with Gasteiger partial charge < -0.3 is 19.7 Å². The minimum atomic E-state index is 0.718. The first-order valence-electron chi connectivity index (χ1n) is 7.39. The molecule has 4 heteroatoms. The van der Waals surface area contributed by atoms with Gasteiger partial charge in [0, 0.05) is 45.6 Å². The van der Waals surface area contributed by atoms with Crippen molar-refractivity contribution < 1.29 is 9.47 Å². The lowest BCUT2D eigenvalue weighted by Crippen LogP contribution is -2.29. The smallest absolute Gasteiger partial charge is 0.0637 e. The molecule has 1 aliphatic carbocycles. The van der Waals surface area contributed by atoms with Crippen molar-refractivity contribution in [2.75, 3.05) is 45.4 Å². The lowest BCUT2D eigenvalue weighted by Gasteiger charge is -2.24. The molecule has 1 N–H and O–H groups in total. The predicted molar refractivity (Wildman–Crippen MR) is 82.3 cm³/mol. The number of rotatable bonds is 10. The highest BCUT2D eigenvalue weighted by atomic mass is 16.5. The van der Waals surface area contributed by atoms with Gasteiger partial charge in [-0.3, -0.25) is 0 Å². The molecule has 112 valence electrons. The van der Waals surface area contributed by atoms with E-state index in [1.165, 1.54) is 24.1 Å². The molecule has 0 bridgehead atoms. The van der Waals surface area contributed by atoms with Crippen molar-refractivity contribution in [1.29, 1.82) is 0 Å². The highest BCUT2D eigenvalue weighted by molar-refractivity contribution is 5.49. The van der Waals surface area contributed by atoms with Crippen LogP contribution >= 0.6 is 0 Å². The van der Waals surface area contributed by atoms with Gasteiger partial charge in [-0.05, 0) is 30.5 Å². The van der Waals surface area contributed by atoms with E-state index in [4.69, 9.17) is 9.47 Å². The number of hydrogen-bond donors (Lipinski definition) is 1. The number of benzene rings is 1. The molecule has 2 rings (SSSR count). The van der Waals surface area contributed by atoms with Crippen LogP contribution in [0.3, 0.4) is 0 Å². The molecule has 0 aliphatic heterocycles. The van der Waals surface area contributed by atoms with E-state index in [2.05, 4.69) is 34.5 Å². The van der Waals surface area contributed by atoms with Crippen LogP contribution in [0.5, 0.6) is 0 Å². The molecular weight excluding hydrogens is 252 g/mol. The Morgan fingerprint density at radius 2 is 1.80 bits per heavy atom. The molecule has 20 heavy (non-hydrogen) atoms. The molecular formula is C16H26N2O2. The van der Waals surface area contributed by atoms with Gasteiger partial charge >= 0.3 is 0 Å². The van der Waals surface area contributed by atoms with Gasteiger partial charge in [0.25, 0.3) is 0 Å². The van der Waals surface area contributed by atoms with Crippen molar-refractivity contribution in [3.05, 3.63) is 29.8 Å². The largest absolute Gasteiger partial charge is 0.383 e. The molecule has 0 heterocycles. The molecule has 4 nitrogen and oxygen atoms in total. The summed E-state index contributed by atoms with van der Waals surface area (Å²) in [5.74, 6) is 0. The summed E-state index contributed by atoms with van der Waals surface area (Å²) in [6, 6.07) is 9.58. The molecule has 1 aliphatic rings.